The van der Waals surface area contributed by atoms with Crippen LogP contribution in [0.25, 0.3) is 0 Å². The number of halogens is 10. The number of alkyl halides is 10. The minimum atomic E-state index is -6.65. The highest BCUT2D eigenvalue weighted by atomic mass is 32.2. The van der Waals surface area contributed by atoms with Crippen LogP contribution in [-0.2, 0) is 10.0 Å². The van der Waals surface area contributed by atoms with Crippen LogP contribution >= 0.6 is 0 Å². The summed E-state index contributed by atoms with van der Waals surface area (Å²) in [6.45, 7) is 0.213. The van der Waals surface area contributed by atoms with Crippen molar-refractivity contribution in [1.29, 1.82) is 0 Å². The molecule has 4 nitrogen and oxygen atoms in total. The average Bonchev–Trinajstić information content (AvgIpc) is 2.44. The number of hydrogen-bond donors (Lipinski definition) is 1. The van der Waals surface area contributed by atoms with Gasteiger partial charge in [-0.1, -0.05) is 0 Å². The van der Waals surface area contributed by atoms with Gasteiger partial charge in [0.15, 0.2) is 0 Å². The molecule has 1 atom stereocenters. The Morgan fingerprint density at radius 3 is 1.71 bits per heavy atom. The van der Waals surface area contributed by atoms with Crippen LogP contribution in [0.5, 0.6) is 0 Å². The van der Waals surface area contributed by atoms with Crippen molar-refractivity contribution >= 4 is 10.0 Å². The van der Waals surface area contributed by atoms with Crippen LogP contribution < -0.4 is 4.72 Å². The van der Waals surface area contributed by atoms with Gasteiger partial charge in [-0.2, -0.15) is 39.5 Å². The third-order valence-corrected chi connectivity index (χ3v) is 5.15. The van der Waals surface area contributed by atoms with Crippen molar-refractivity contribution < 1.29 is 52.3 Å². The number of sulfonamides is 1. The number of rotatable bonds is 10. The maximum atomic E-state index is 13.6. The van der Waals surface area contributed by atoms with E-state index in [1.165, 1.54) is 0 Å². The molecular weight excluding hydrogens is 438 g/mol. The lowest BCUT2D eigenvalue weighted by molar-refractivity contribution is -0.352. The van der Waals surface area contributed by atoms with Crippen LogP contribution in [-0.4, -0.2) is 70.5 Å². The normalized spacial score (nSPS) is 15.9. The smallest absolute Gasteiger partial charge is 0.309 e. The van der Waals surface area contributed by atoms with Gasteiger partial charge in [0.1, 0.15) is 0 Å². The molecule has 0 bridgehead atoms. The zero-order valence-electron chi connectivity index (χ0n) is 14.8. The van der Waals surface area contributed by atoms with Crippen LogP contribution in [0.2, 0.25) is 0 Å². The van der Waals surface area contributed by atoms with Crippen LogP contribution in [0.15, 0.2) is 0 Å². The Balaban J connectivity index is 5.27. The summed E-state index contributed by atoms with van der Waals surface area (Å²) in [7, 11) is -1.10. The van der Waals surface area contributed by atoms with Crippen molar-refractivity contribution in [3.63, 3.8) is 0 Å². The maximum absolute atomic E-state index is 13.6. The van der Waals surface area contributed by atoms with Crippen molar-refractivity contribution in [2.24, 2.45) is 5.92 Å². The Morgan fingerprint density at radius 2 is 1.36 bits per heavy atom. The zero-order chi connectivity index (χ0) is 22.6. The Labute approximate surface area is 155 Å². The fraction of sp³-hybridized carbons (Fsp3) is 1.00. The summed E-state index contributed by atoms with van der Waals surface area (Å²) in [4.78, 5) is 1.67. The predicted octanol–water partition coefficient (Wildman–Crippen LogP) is 3.65. The summed E-state index contributed by atoms with van der Waals surface area (Å²) in [5, 5.41) is 0. The first-order valence-electron chi connectivity index (χ1n) is 7.74. The molecule has 1 unspecified atom stereocenters. The van der Waals surface area contributed by atoms with E-state index in [0.717, 1.165) is 0 Å². The Morgan fingerprint density at radius 1 is 0.893 bits per heavy atom. The molecule has 0 rings (SSSR count). The molecule has 1 N–H and O–H groups in total. The summed E-state index contributed by atoms with van der Waals surface area (Å²) in [5.74, 6) is -4.88. The van der Waals surface area contributed by atoms with E-state index in [0.29, 0.717) is 6.54 Å². The second-order valence-corrected chi connectivity index (χ2v) is 8.32. The van der Waals surface area contributed by atoms with E-state index in [9.17, 15) is 52.3 Å². The Bertz CT molecular complexity index is 570. The second kappa shape index (κ2) is 9.32. The summed E-state index contributed by atoms with van der Waals surface area (Å²) >= 11 is 0. The lowest BCUT2D eigenvalue weighted by Crippen LogP contribution is -2.55. The van der Waals surface area contributed by atoms with Crippen LogP contribution in [0.4, 0.5) is 43.9 Å². The average molecular weight is 458 g/mol. The lowest BCUT2D eigenvalue weighted by Gasteiger charge is -2.33. The van der Waals surface area contributed by atoms with Gasteiger partial charge in [-0.05, 0) is 33.5 Å². The van der Waals surface area contributed by atoms with Gasteiger partial charge >= 0.3 is 18.5 Å². The summed E-state index contributed by atoms with van der Waals surface area (Å²) in [6.07, 6.45) is -23.4. The molecule has 170 valence electrons. The third-order valence-electron chi connectivity index (χ3n) is 3.73. The van der Waals surface area contributed by atoms with E-state index in [-0.39, 0.29) is 13.0 Å². The van der Waals surface area contributed by atoms with E-state index < -0.39 is 58.7 Å². The molecule has 0 heterocycles. The molecule has 0 aliphatic rings. The highest BCUT2D eigenvalue weighted by molar-refractivity contribution is 7.89. The summed E-state index contributed by atoms with van der Waals surface area (Å²) in [5.41, 5.74) is -6.12. The number of nitrogens with one attached hydrogen (secondary N) is 1. The third kappa shape index (κ3) is 8.27. The van der Waals surface area contributed by atoms with Crippen molar-refractivity contribution in [1.82, 2.24) is 9.62 Å². The fourth-order valence-corrected chi connectivity index (χ4v) is 3.30. The molecule has 0 saturated heterocycles. The predicted molar refractivity (Wildman–Crippen MR) is 79.7 cm³/mol. The van der Waals surface area contributed by atoms with Gasteiger partial charge in [-0.3, -0.25) is 0 Å². The highest BCUT2D eigenvalue weighted by Gasteiger charge is 2.73. The van der Waals surface area contributed by atoms with Gasteiger partial charge in [-0.15, -0.1) is 0 Å². The first-order valence-corrected chi connectivity index (χ1v) is 9.39. The molecule has 15 heteroatoms. The van der Waals surface area contributed by atoms with Crippen molar-refractivity contribution in [3.8, 4) is 0 Å². The van der Waals surface area contributed by atoms with E-state index >= 15 is 0 Å². The molecule has 0 fully saturated rings. The number of hydrogen-bond acceptors (Lipinski definition) is 3. The molecule has 0 aliphatic carbocycles. The molecule has 0 amide bonds. The van der Waals surface area contributed by atoms with Gasteiger partial charge < -0.3 is 4.90 Å². The van der Waals surface area contributed by atoms with Crippen molar-refractivity contribution in [2.45, 2.75) is 43.5 Å². The van der Waals surface area contributed by atoms with Gasteiger partial charge in [0, 0.05) is 13.0 Å². The zero-order valence-corrected chi connectivity index (χ0v) is 15.6. The van der Waals surface area contributed by atoms with Crippen LogP contribution in [0.3, 0.4) is 0 Å². The monoisotopic (exact) mass is 458 g/mol. The first-order chi connectivity index (χ1) is 12.2. The Kier molecular flexibility index (Phi) is 9.05. The molecule has 0 saturated carbocycles. The van der Waals surface area contributed by atoms with E-state index in [1.54, 1.807) is 19.0 Å². The fourth-order valence-electron chi connectivity index (χ4n) is 2.11. The molecule has 0 spiro atoms. The quantitative estimate of drug-likeness (QED) is 0.402. The molecular formula is C13H20F10N2O2S. The van der Waals surface area contributed by atoms with Gasteiger partial charge in [0.05, 0.1) is 11.7 Å². The van der Waals surface area contributed by atoms with E-state index in [4.69, 9.17) is 0 Å². The molecule has 0 radical (unpaired) electrons. The lowest BCUT2D eigenvalue weighted by atomic mass is 9.88. The highest BCUT2D eigenvalue weighted by Crippen LogP contribution is 2.52. The molecule has 0 aromatic rings. The van der Waals surface area contributed by atoms with E-state index in [2.05, 4.69) is 0 Å². The molecule has 0 aromatic carbocycles. The minimum absolute atomic E-state index is 0.199. The summed E-state index contributed by atoms with van der Waals surface area (Å²) < 4.78 is 152. The molecule has 0 aliphatic heterocycles. The first kappa shape index (κ1) is 27.2. The minimum Gasteiger partial charge on any atom is -0.309 e. The van der Waals surface area contributed by atoms with Crippen LogP contribution in [0, 0.1) is 5.92 Å². The van der Waals surface area contributed by atoms with Gasteiger partial charge in [-0.25, -0.2) is 17.5 Å². The van der Waals surface area contributed by atoms with Gasteiger partial charge in [0.25, 0.3) is 5.67 Å². The molecule has 0 aromatic heterocycles. The maximum Gasteiger partial charge on any atom is 0.431 e. The van der Waals surface area contributed by atoms with Crippen molar-refractivity contribution in [2.75, 3.05) is 32.9 Å². The van der Waals surface area contributed by atoms with Crippen molar-refractivity contribution in [3.05, 3.63) is 0 Å². The summed E-state index contributed by atoms with van der Waals surface area (Å²) in [6, 6.07) is 0. The second-order valence-electron chi connectivity index (χ2n) is 6.40. The Hall–Kier alpha value is -0.830. The van der Waals surface area contributed by atoms with Gasteiger partial charge in [0.2, 0.25) is 10.0 Å². The topological polar surface area (TPSA) is 49.4 Å². The largest absolute Gasteiger partial charge is 0.431 e. The number of nitrogens with zero attached hydrogens (tertiary/aromatic N) is 1. The van der Waals surface area contributed by atoms with E-state index in [1.807, 2.05) is 4.72 Å². The standard InChI is InChI=1S/C13H20F10N2O2S/c1-25(2)6-3-5-24-28(26,27)7-4-9(11(15,16)17)8-10(14,12(18,19)20)13(21,22)23/h9,24H,3-8H2,1-2H3. The SMILES string of the molecule is CN(C)CCCNS(=O)(=O)CCC(CC(F)(C(F)(F)F)C(F)(F)F)C(F)(F)F. The van der Waals surface area contributed by atoms with Crippen LogP contribution in [0.1, 0.15) is 19.3 Å². The molecule has 28 heavy (non-hydrogen) atoms.